The van der Waals surface area contributed by atoms with Gasteiger partial charge in [-0.2, -0.15) is 0 Å². The van der Waals surface area contributed by atoms with Gasteiger partial charge in [-0.05, 0) is 35.9 Å². The van der Waals surface area contributed by atoms with E-state index in [1.807, 2.05) is 24.3 Å². The van der Waals surface area contributed by atoms with Crippen LogP contribution in [-0.4, -0.2) is 40.2 Å². The third-order valence-corrected chi connectivity index (χ3v) is 4.38. The lowest BCUT2D eigenvalue weighted by Gasteiger charge is -2.10. The third-order valence-electron chi connectivity index (χ3n) is 4.38. The van der Waals surface area contributed by atoms with Crippen LogP contribution in [0.25, 0.3) is 0 Å². The van der Waals surface area contributed by atoms with Gasteiger partial charge >= 0.3 is 0 Å². The van der Waals surface area contributed by atoms with Crippen LogP contribution < -0.4 is 14.8 Å². The van der Waals surface area contributed by atoms with Crippen molar-refractivity contribution in [1.29, 1.82) is 0 Å². The highest BCUT2D eigenvalue weighted by atomic mass is 19.1. The minimum atomic E-state index is -0.314. The number of aromatic nitrogens is 3. The molecule has 4 rings (SSSR count). The lowest BCUT2D eigenvalue weighted by atomic mass is 10.1. The Bertz CT molecular complexity index is 933. The molecule has 1 aromatic heterocycles. The maximum absolute atomic E-state index is 12.9. The second-order valence-corrected chi connectivity index (χ2v) is 6.43. The van der Waals surface area contributed by atoms with Crippen LogP contribution in [-0.2, 0) is 13.0 Å². The number of para-hydroxylation sites is 1. The standard InChI is InChI=1S/C20H19FN4O3/c21-15-5-7-16(8-6-15)27-10-9-25-13-18(23-24-25)20(26)22-12-17-11-14-3-1-2-4-19(14)28-17/h1-8,13,17H,9-12H2,(H,22,26). The van der Waals surface area contributed by atoms with E-state index in [9.17, 15) is 9.18 Å². The summed E-state index contributed by atoms with van der Waals surface area (Å²) in [6.07, 6.45) is 2.25. The number of hydrogen-bond donors (Lipinski definition) is 1. The molecule has 1 aliphatic rings. The number of ether oxygens (including phenoxy) is 2. The Hall–Kier alpha value is -3.42. The van der Waals surface area contributed by atoms with Gasteiger partial charge in [-0.15, -0.1) is 5.10 Å². The molecule has 2 aromatic carbocycles. The first-order valence-corrected chi connectivity index (χ1v) is 8.98. The number of hydrogen-bond acceptors (Lipinski definition) is 5. The highest BCUT2D eigenvalue weighted by Crippen LogP contribution is 2.27. The third kappa shape index (κ3) is 4.28. The summed E-state index contributed by atoms with van der Waals surface area (Å²) in [5.74, 6) is 0.822. The number of amides is 1. The minimum absolute atomic E-state index is 0.0829. The van der Waals surface area contributed by atoms with E-state index in [0.717, 1.165) is 17.7 Å². The average molecular weight is 382 g/mol. The Balaban J connectivity index is 1.22. The zero-order valence-corrected chi connectivity index (χ0v) is 15.0. The number of fused-ring (bicyclic) bond motifs is 1. The molecular formula is C20H19FN4O3. The summed E-state index contributed by atoms with van der Waals surface area (Å²) in [7, 11) is 0. The van der Waals surface area contributed by atoms with Crippen LogP contribution in [0.4, 0.5) is 4.39 Å². The maximum Gasteiger partial charge on any atom is 0.273 e. The number of benzene rings is 2. The van der Waals surface area contributed by atoms with Crippen molar-refractivity contribution in [2.75, 3.05) is 13.2 Å². The average Bonchev–Trinajstić information content (AvgIpc) is 3.34. The molecule has 1 amide bonds. The zero-order valence-electron chi connectivity index (χ0n) is 15.0. The van der Waals surface area contributed by atoms with Gasteiger partial charge in [0.1, 0.15) is 30.0 Å². The molecule has 0 spiro atoms. The van der Waals surface area contributed by atoms with Crippen LogP contribution in [0.15, 0.2) is 54.7 Å². The van der Waals surface area contributed by atoms with Gasteiger partial charge < -0.3 is 14.8 Å². The number of nitrogens with zero attached hydrogens (tertiary/aromatic N) is 3. The lowest BCUT2D eigenvalue weighted by molar-refractivity contribution is 0.0928. The number of carbonyl (C=O) groups is 1. The fraction of sp³-hybridized carbons (Fsp3) is 0.250. The zero-order chi connectivity index (χ0) is 19.3. The molecule has 1 aliphatic heterocycles. The molecule has 28 heavy (non-hydrogen) atoms. The van der Waals surface area contributed by atoms with Crippen LogP contribution in [0.5, 0.6) is 11.5 Å². The van der Waals surface area contributed by atoms with Gasteiger partial charge in [0.2, 0.25) is 0 Å². The molecule has 0 bridgehead atoms. The van der Waals surface area contributed by atoms with E-state index in [4.69, 9.17) is 9.47 Å². The molecule has 1 unspecified atom stereocenters. The molecule has 2 heterocycles. The first-order valence-electron chi connectivity index (χ1n) is 8.98. The smallest absolute Gasteiger partial charge is 0.273 e. The van der Waals surface area contributed by atoms with Crippen molar-refractivity contribution in [3.8, 4) is 11.5 Å². The van der Waals surface area contributed by atoms with Crippen LogP contribution in [0.3, 0.4) is 0 Å². The molecule has 0 fully saturated rings. The van der Waals surface area contributed by atoms with Crippen LogP contribution >= 0.6 is 0 Å². The first-order chi connectivity index (χ1) is 13.7. The molecule has 0 aliphatic carbocycles. The monoisotopic (exact) mass is 382 g/mol. The number of carbonyl (C=O) groups excluding carboxylic acids is 1. The highest BCUT2D eigenvalue weighted by Gasteiger charge is 2.23. The van der Waals surface area contributed by atoms with E-state index in [-0.39, 0.29) is 23.5 Å². The summed E-state index contributed by atoms with van der Waals surface area (Å²) in [5.41, 5.74) is 1.38. The van der Waals surface area contributed by atoms with Crippen molar-refractivity contribution in [2.24, 2.45) is 0 Å². The van der Waals surface area contributed by atoms with Crippen molar-refractivity contribution in [1.82, 2.24) is 20.3 Å². The Kier molecular flexibility index (Phi) is 5.18. The van der Waals surface area contributed by atoms with E-state index < -0.39 is 0 Å². The number of nitrogens with one attached hydrogen (secondary N) is 1. The summed E-state index contributed by atoms with van der Waals surface area (Å²) in [6, 6.07) is 13.6. The fourth-order valence-electron chi connectivity index (χ4n) is 2.96. The summed E-state index contributed by atoms with van der Waals surface area (Å²) >= 11 is 0. The van der Waals surface area contributed by atoms with Crippen LogP contribution in [0.1, 0.15) is 16.1 Å². The van der Waals surface area contributed by atoms with Gasteiger partial charge in [0.05, 0.1) is 19.3 Å². The normalized spacial score (nSPS) is 15.0. The molecule has 0 saturated heterocycles. The number of rotatable bonds is 7. The molecule has 0 saturated carbocycles. The predicted molar refractivity (Wildman–Crippen MR) is 98.8 cm³/mol. The summed E-state index contributed by atoms with van der Waals surface area (Å²) in [5, 5.41) is 10.7. The molecule has 8 heteroatoms. The summed E-state index contributed by atoms with van der Waals surface area (Å²) in [4.78, 5) is 12.3. The van der Waals surface area contributed by atoms with Gasteiger partial charge in [0, 0.05) is 6.42 Å². The topological polar surface area (TPSA) is 78.3 Å². The lowest BCUT2D eigenvalue weighted by Crippen LogP contribution is -2.34. The van der Waals surface area contributed by atoms with Crippen LogP contribution in [0.2, 0.25) is 0 Å². The predicted octanol–water partition coefficient (Wildman–Crippen LogP) is 2.23. The first kappa shape index (κ1) is 18.0. The Morgan fingerprint density at radius 2 is 2.07 bits per heavy atom. The highest BCUT2D eigenvalue weighted by molar-refractivity contribution is 5.91. The molecule has 7 nitrogen and oxygen atoms in total. The Morgan fingerprint density at radius 3 is 2.89 bits per heavy atom. The van der Waals surface area contributed by atoms with E-state index in [1.165, 1.54) is 16.8 Å². The fourth-order valence-corrected chi connectivity index (χ4v) is 2.96. The molecule has 3 aromatic rings. The van der Waals surface area contributed by atoms with Gasteiger partial charge in [-0.1, -0.05) is 23.4 Å². The molecule has 144 valence electrons. The second kappa shape index (κ2) is 8.08. The molecule has 1 atom stereocenters. The van der Waals surface area contributed by atoms with Gasteiger partial charge in [-0.3, -0.25) is 4.79 Å². The maximum atomic E-state index is 12.9. The molecular weight excluding hydrogens is 363 g/mol. The van der Waals surface area contributed by atoms with E-state index >= 15 is 0 Å². The van der Waals surface area contributed by atoms with Crippen molar-refractivity contribution in [2.45, 2.75) is 19.1 Å². The second-order valence-electron chi connectivity index (χ2n) is 6.43. The quantitative estimate of drug-likeness (QED) is 0.678. The van der Waals surface area contributed by atoms with Gasteiger partial charge in [0.25, 0.3) is 5.91 Å². The summed E-state index contributed by atoms with van der Waals surface area (Å²) < 4.78 is 25.7. The van der Waals surface area contributed by atoms with Crippen LogP contribution in [0, 0.1) is 5.82 Å². The molecule has 1 N–H and O–H groups in total. The Labute approximate surface area is 161 Å². The summed E-state index contributed by atoms with van der Waals surface area (Å²) in [6.45, 7) is 1.14. The van der Waals surface area contributed by atoms with Crippen molar-refractivity contribution >= 4 is 5.91 Å². The van der Waals surface area contributed by atoms with Gasteiger partial charge in [0.15, 0.2) is 5.69 Å². The van der Waals surface area contributed by atoms with Crippen molar-refractivity contribution in [3.05, 3.63) is 71.8 Å². The Morgan fingerprint density at radius 1 is 1.25 bits per heavy atom. The van der Waals surface area contributed by atoms with E-state index in [2.05, 4.69) is 15.6 Å². The number of halogens is 1. The van der Waals surface area contributed by atoms with E-state index in [0.29, 0.717) is 25.4 Å². The minimum Gasteiger partial charge on any atom is -0.492 e. The van der Waals surface area contributed by atoms with Crippen molar-refractivity contribution in [3.63, 3.8) is 0 Å². The molecule has 0 radical (unpaired) electrons. The van der Waals surface area contributed by atoms with E-state index in [1.54, 1.807) is 18.3 Å². The van der Waals surface area contributed by atoms with Crippen molar-refractivity contribution < 1.29 is 18.7 Å². The largest absolute Gasteiger partial charge is 0.492 e. The SMILES string of the molecule is O=C(NCC1Cc2ccccc2O1)c1cn(CCOc2ccc(F)cc2)nn1. The van der Waals surface area contributed by atoms with Gasteiger partial charge in [-0.25, -0.2) is 9.07 Å².